The molecule has 2 saturated heterocycles. The first-order valence-electron chi connectivity index (χ1n) is 8.65. The monoisotopic (exact) mass is 330 g/mol. The van der Waals surface area contributed by atoms with Gasteiger partial charge in [0.1, 0.15) is 6.04 Å². The Morgan fingerprint density at radius 3 is 2.62 bits per heavy atom. The van der Waals surface area contributed by atoms with Crippen LogP contribution in [0.2, 0.25) is 0 Å². The number of hydrogen-bond acceptors (Lipinski definition) is 3. The summed E-state index contributed by atoms with van der Waals surface area (Å²) in [4.78, 5) is 28.7. The zero-order valence-corrected chi connectivity index (χ0v) is 14.1. The van der Waals surface area contributed by atoms with E-state index in [-0.39, 0.29) is 5.91 Å². The van der Waals surface area contributed by atoms with E-state index in [4.69, 9.17) is 5.73 Å². The maximum atomic E-state index is 13.0. The second kappa shape index (κ2) is 7.21. The molecule has 0 radical (unpaired) electrons. The summed E-state index contributed by atoms with van der Waals surface area (Å²) >= 11 is 0. The molecule has 3 amide bonds. The predicted molar refractivity (Wildman–Crippen MR) is 92.4 cm³/mol. The van der Waals surface area contributed by atoms with E-state index in [9.17, 15) is 9.59 Å². The van der Waals surface area contributed by atoms with E-state index in [0.717, 1.165) is 31.5 Å². The molecule has 3 rings (SSSR count). The van der Waals surface area contributed by atoms with Gasteiger partial charge in [0.15, 0.2) is 0 Å². The number of amides is 3. The molecular formula is C18H26N4O2. The third-order valence-corrected chi connectivity index (χ3v) is 5.36. The van der Waals surface area contributed by atoms with Crippen LogP contribution < -0.4 is 11.1 Å². The fourth-order valence-electron chi connectivity index (χ4n) is 3.95. The molecule has 3 atom stereocenters. The van der Waals surface area contributed by atoms with E-state index >= 15 is 0 Å². The maximum absolute atomic E-state index is 13.0. The largest absolute Gasteiger partial charge is 0.352 e. The van der Waals surface area contributed by atoms with Crippen molar-refractivity contribution in [1.82, 2.24) is 15.1 Å². The van der Waals surface area contributed by atoms with Gasteiger partial charge < -0.3 is 16.0 Å². The lowest BCUT2D eigenvalue weighted by atomic mass is 10.0. The van der Waals surface area contributed by atoms with Crippen LogP contribution in [0.5, 0.6) is 0 Å². The first-order valence-corrected chi connectivity index (χ1v) is 8.65. The van der Waals surface area contributed by atoms with Crippen LogP contribution in [0.1, 0.15) is 24.8 Å². The normalized spacial score (nSPS) is 25.1. The lowest BCUT2D eigenvalue weighted by Crippen LogP contribution is -2.52. The Labute approximate surface area is 143 Å². The molecule has 2 heterocycles. The summed E-state index contributed by atoms with van der Waals surface area (Å²) in [5, 5.41) is 2.64. The van der Waals surface area contributed by atoms with Crippen molar-refractivity contribution in [2.75, 3.05) is 20.1 Å². The summed E-state index contributed by atoms with van der Waals surface area (Å²) in [6.45, 7) is 1.48. The molecule has 1 aromatic rings. The van der Waals surface area contributed by atoms with Crippen LogP contribution in [0.25, 0.3) is 0 Å². The van der Waals surface area contributed by atoms with Crippen LogP contribution in [-0.4, -0.2) is 60.0 Å². The average molecular weight is 330 g/mol. The van der Waals surface area contributed by atoms with Gasteiger partial charge in [0, 0.05) is 31.6 Å². The van der Waals surface area contributed by atoms with Crippen LogP contribution in [0.4, 0.5) is 4.79 Å². The van der Waals surface area contributed by atoms with Gasteiger partial charge in [0.2, 0.25) is 5.91 Å². The number of likely N-dealkylation sites (N-methyl/N-ethyl adjacent to an activating group) is 1. The number of carbonyl (C=O) groups excluding carboxylic acids is 2. The minimum absolute atomic E-state index is 0.0291. The van der Waals surface area contributed by atoms with Crippen molar-refractivity contribution < 1.29 is 9.59 Å². The van der Waals surface area contributed by atoms with Gasteiger partial charge in [0.05, 0.1) is 0 Å². The summed E-state index contributed by atoms with van der Waals surface area (Å²) in [6.07, 6.45) is 3.81. The summed E-state index contributed by atoms with van der Waals surface area (Å²) < 4.78 is 0. The van der Waals surface area contributed by atoms with Gasteiger partial charge in [0.25, 0.3) is 0 Å². The Balaban J connectivity index is 1.72. The molecule has 130 valence electrons. The second-order valence-corrected chi connectivity index (χ2v) is 6.87. The maximum Gasteiger partial charge on any atom is 0.312 e. The van der Waals surface area contributed by atoms with Crippen molar-refractivity contribution in [1.29, 1.82) is 0 Å². The number of rotatable bonds is 4. The topological polar surface area (TPSA) is 78.7 Å². The molecule has 2 aliphatic rings. The fourth-order valence-corrected chi connectivity index (χ4v) is 3.95. The average Bonchev–Trinajstić information content (AvgIpc) is 2.79. The van der Waals surface area contributed by atoms with Gasteiger partial charge in [-0.1, -0.05) is 30.3 Å². The van der Waals surface area contributed by atoms with E-state index in [1.165, 1.54) is 6.42 Å². The Bertz CT molecular complexity index is 592. The Morgan fingerprint density at radius 2 is 1.92 bits per heavy atom. The standard InChI is InChI=1S/C18H26N4O2/c1-21-14-7-8-15(21)12-22(10-9-14)17(23)16(20-18(19)24)11-13-5-3-2-4-6-13/h2-6,14-16H,7-12H2,1H3,(H3,19,20,24). The molecule has 0 spiro atoms. The van der Waals surface area contributed by atoms with Crippen LogP contribution in [0.15, 0.2) is 30.3 Å². The summed E-state index contributed by atoms with van der Waals surface area (Å²) in [6, 6.07) is 9.45. The zero-order chi connectivity index (χ0) is 17.1. The lowest BCUT2D eigenvalue weighted by Gasteiger charge is -2.29. The Hall–Kier alpha value is -2.08. The summed E-state index contributed by atoms with van der Waals surface area (Å²) in [5.41, 5.74) is 6.31. The number of benzene rings is 1. The third kappa shape index (κ3) is 3.70. The number of primary amides is 1. The Morgan fingerprint density at radius 1 is 1.21 bits per heavy atom. The third-order valence-electron chi connectivity index (χ3n) is 5.36. The van der Waals surface area contributed by atoms with E-state index < -0.39 is 12.1 Å². The number of likely N-dealkylation sites (tertiary alicyclic amines) is 1. The lowest BCUT2D eigenvalue weighted by molar-refractivity contribution is -0.133. The van der Waals surface area contributed by atoms with Crippen LogP contribution in [0, 0.1) is 0 Å². The van der Waals surface area contributed by atoms with E-state index in [2.05, 4.69) is 17.3 Å². The number of nitrogens with one attached hydrogen (secondary N) is 1. The molecule has 0 aliphatic carbocycles. The molecule has 3 unspecified atom stereocenters. The molecule has 0 aromatic heterocycles. The molecule has 2 fully saturated rings. The minimum atomic E-state index is -0.655. The first-order chi connectivity index (χ1) is 11.5. The molecule has 6 heteroatoms. The molecule has 3 N–H and O–H groups in total. The van der Waals surface area contributed by atoms with Crippen molar-refractivity contribution in [3.8, 4) is 0 Å². The smallest absolute Gasteiger partial charge is 0.312 e. The van der Waals surface area contributed by atoms with Gasteiger partial charge in [-0.3, -0.25) is 9.69 Å². The van der Waals surface area contributed by atoms with E-state index in [1.54, 1.807) is 0 Å². The van der Waals surface area contributed by atoms with Crippen molar-refractivity contribution in [3.05, 3.63) is 35.9 Å². The van der Waals surface area contributed by atoms with Gasteiger partial charge in [-0.15, -0.1) is 0 Å². The molecule has 0 saturated carbocycles. The van der Waals surface area contributed by atoms with Gasteiger partial charge in [-0.25, -0.2) is 4.79 Å². The highest BCUT2D eigenvalue weighted by Gasteiger charge is 2.37. The van der Waals surface area contributed by atoms with Crippen molar-refractivity contribution in [3.63, 3.8) is 0 Å². The molecule has 6 nitrogen and oxygen atoms in total. The highest BCUT2D eigenvalue weighted by Crippen LogP contribution is 2.28. The second-order valence-electron chi connectivity index (χ2n) is 6.87. The van der Waals surface area contributed by atoms with Crippen LogP contribution >= 0.6 is 0 Å². The quantitative estimate of drug-likeness (QED) is 0.863. The molecule has 2 aliphatic heterocycles. The zero-order valence-electron chi connectivity index (χ0n) is 14.1. The van der Waals surface area contributed by atoms with Gasteiger partial charge >= 0.3 is 6.03 Å². The van der Waals surface area contributed by atoms with E-state index in [1.807, 2.05) is 35.2 Å². The number of nitrogens with two attached hydrogens (primary N) is 1. The predicted octanol–water partition coefficient (Wildman–Crippen LogP) is 0.961. The molecule has 24 heavy (non-hydrogen) atoms. The highest BCUT2D eigenvalue weighted by molar-refractivity contribution is 5.87. The fraction of sp³-hybridized carbons (Fsp3) is 0.556. The van der Waals surface area contributed by atoms with Crippen molar-refractivity contribution >= 4 is 11.9 Å². The van der Waals surface area contributed by atoms with Gasteiger partial charge in [-0.05, 0) is 31.9 Å². The van der Waals surface area contributed by atoms with Crippen LogP contribution in [-0.2, 0) is 11.2 Å². The Kier molecular flexibility index (Phi) is 5.04. The van der Waals surface area contributed by atoms with Crippen LogP contribution in [0.3, 0.4) is 0 Å². The minimum Gasteiger partial charge on any atom is -0.352 e. The van der Waals surface area contributed by atoms with Gasteiger partial charge in [-0.2, -0.15) is 0 Å². The molecular weight excluding hydrogens is 304 g/mol. The van der Waals surface area contributed by atoms with Crippen molar-refractivity contribution in [2.24, 2.45) is 5.73 Å². The highest BCUT2D eigenvalue weighted by atomic mass is 16.2. The van der Waals surface area contributed by atoms with Crippen molar-refractivity contribution in [2.45, 2.75) is 43.8 Å². The number of carbonyl (C=O) groups is 2. The number of hydrogen-bond donors (Lipinski definition) is 2. The number of urea groups is 1. The first kappa shape index (κ1) is 16.8. The SMILES string of the molecule is CN1C2CCC1CN(C(=O)C(Cc1ccccc1)NC(N)=O)CC2. The number of fused-ring (bicyclic) bond motifs is 2. The van der Waals surface area contributed by atoms with E-state index in [0.29, 0.717) is 18.5 Å². The number of nitrogens with zero attached hydrogens (tertiary/aromatic N) is 2. The molecule has 2 bridgehead atoms. The summed E-state index contributed by atoms with van der Waals surface area (Å²) in [5.74, 6) is -0.0291. The summed E-state index contributed by atoms with van der Waals surface area (Å²) in [7, 11) is 2.15. The molecule has 1 aromatic carbocycles.